The normalized spacial score (nSPS) is 18.9. The summed E-state index contributed by atoms with van der Waals surface area (Å²) in [4.78, 5) is 4.54. The number of nitrogens with zero attached hydrogens (tertiary/aromatic N) is 1. The summed E-state index contributed by atoms with van der Waals surface area (Å²) < 4.78 is 0.892. The van der Waals surface area contributed by atoms with E-state index >= 15 is 0 Å². The lowest BCUT2D eigenvalue weighted by Crippen LogP contribution is -2.32. The molecule has 20 heavy (non-hydrogen) atoms. The Morgan fingerprint density at radius 3 is 3.00 bits per heavy atom. The SMILES string of the molecule is NNC(c1ccc(Br)c(Cl)c1)C1CCc2cccnc21. The second-order valence-electron chi connectivity index (χ2n) is 5.01. The molecule has 0 saturated heterocycles. The lowest BCUT2D eigenvalue weighted by molar-refractivity contribution is 0.447. The third-order valence-electron chi connectivity index (χ3n) is 3.89. The van der Waals surface area contributed by atoms with Crippen molar-refractivity contribution < 1.29 is 0 Å². The fourth-order valence-electron chi connectivity index (χ4n) is 2.92. The van der Waals surface area contributed by atoms with Crippen molar-refractivity contribution in [2.24, 2.45) is 5.84 Å². The Balaban J connectivity index is 1.97. The average molecular weight is 353 g/mol. The van der Waals surface area contributed by atoms with Crippen LogP contribution < -0.4 is 11.3 Å². The first-order valence-electron chi connectivity index (χ1n) is 6.55. The molecule has 0 spiro atoms. The molecule has 0 fully saturated rings. The number of hydrogen-bond acceptors (Lipinski definition) is 3. The maximum absolute atomic E-state index is 6.19. The fourth-order valence-corrected chi connectivity index (χ4v) is 3.35. The quantitative estimate of drug-likeness (QED) is 0.653. The minimum atomic E-state index is 0.0248. The molecule has 0 radical (unpaired) electrons. The summed E-state index contributed by atoms with van der Waals surface area (Å²) in [6, 6.07) is 10.1. The molecule has 0 aliphatic heterocycles. The number of nitrogens with two attached hydrogens (primary N) is 1. The van der Waals surface area contributed by atoms with Gasteiger partial charge in [0.25, 0.3) is 0 Å². The highest BCUT2D eigenvalue weighted by Gasteiger charge is 2.31. The highest BCUT2D eigenvalue weighted by atomic mass is 79.9. The Hall–Kier alpha value is -0.940. The standard InChI is InChI=1S/C15H15BrClN3/c16-12-6-4-10(8-13(12)17)15(20-18)11-5-3-9-2-1-7-19-14(9)11/h1-2,4,6-8,11,15,20H,3,5,18H2. The van der Waals surface area contributed by atoms with Crippen LogP contribution in [0, 0.1) is 0 Å². The molecule has 1 heterocycles. The van der Waals surface area contributed by atoms with E-state index in [0.717, 1.165) is 28.6 Å². The zero-order valence-electron chi connectivity index (χ0n) is 10.8. The van der Waals surface area contributed by atoms with E-state index in [1.165, 1.54) is 5.56 Å². The average Bonchev–Trinajstić information content (AvgIpc) is 2.88. The maximum atomic E-state index is 6.19. The monoisotopic (exact) mass is 351 g/mol. The Kier molecular flexibility index (Phi) is 4.08. The smallest absolute Gasteiger partial charge is 0.0551 e. The molecule has 1 aliphatic rings. The number of benzene rings is 1. The molecule has 1 aromatic carbocycles. The second-order valence-corrected chi connectivity index (χ2v) is 6.27. The minimum Gasteiger partial charge on any atom is -0.271 e. The molecule has 1 aliphatic carbocycles. The van der Waals surface area contributed by atoms with E-state index in [0.29, 0.717) is 5.02 Å². The van der Waals surface area contributed by atoms with E-state index < -0.39 is 0 Å². The van der Waals surface area contributed by atoms with Crippen LogP contribution in [0.3, 0.4) is 0 Å². The molecule has 0 amide bonds. The first kappa shape index (κ1) is 14.0. The van der Waals surface area contributed by atoms with Crippen LogP contribution in [0.25, 0.3) is 0 Å². The van der Waals surface area contributed by atoms with Crippen LogP contribution >= 0.6 is 27.5 Å². The van der Waals surface area contributed by atoms with Crippen LogP contribution in [0.2, 0.25) is 5.02 Å². The topological polar surface area (TPSA) is 50.9 Å². The van der Waals surface area contributed by atoms with Gasteiger partial charge in [-0.1, -0.05) is 23.7 Å². The van der Waals surface area contributed by atoms with Gasteiger partial charge >= 0.3 is 0 Å². The van der Waals surface area contributed by atoms with Crippen molar-refractivity contribution >= 4 is 27.5 Å². The first-order chi connectivity index (χ1) is 9.70. The van der Waals surface area contributed by atoms with Gasteiger partial charge in [-0.3, -0.25) is 16.3 Å². The van der Waals surface area contributed by atoms with Crippen molar-refractivity contribution in [2.75, 3.05) is 0 Å². The van der Waals surface area contributed by atoms with Gasteiger partial charge in [-0.05, 0) is 58.1 Å². The lowest BCUT2D eigenvalue weighted by Gasteiger charge is -2.23. The summed E-state index contributed by atoms with van der Waals surface area (Å²) in [5.74, 6) is 6.08. The molecule has 104 valence electrons. The Labute approximate surface area is 131 Å². The highest BCUT2D eigenvalue weighted by molar-refractivity contribution is 9.10. The van der Waals surface area contributed by atoms with Crippen LogP contribution in [0.5, 0.6) is 0 Å². The number of nitrogens with one attached hydrogen (secondary N) is 1. The molecule has 0 saturated carbocycles. The van der Waals surface area contributed by atoms with Crippen LogP contribution in [0.1, 0.15) is 35.2 Å². The third kappa shape index (κ3) is 2.49. The number of aryl methyl sites for hydroxylation is 1. The lowest BCUT2D eigenvalue weighted by atomic mass is 9.91. The number of pyridine rings is 1. The summed E-state index contributed by atoms with van der Waals surface area (Å²) in [6.45, 7) is 0. The molecule has 0 bridgehead atoms. The molecule has 5 heteroatoms. The molecular weight excluding hydrogens is 338 g/mol. The summed E-state index contributed by atoms with van der Waals surface area (Å²) in [5, 5.41) is 0.696. The van der Waals surface area contributed by atoms with Gasteiger partial charge in [0.05, 0.1) is 11.1 Å². The maximum Gasteiger partial charge on any atom is 0.0551 e. The molecule has 2 unspecified atom stereocenters. The largest absolute Gasteiger partial charge is 0.271 e. The van der Waals surface area contributed by atoms with Gasteiger partial charge in [-0.25, -0.2) is 0 Å². The number of hydrazine groups is 1. The van der Waals surface area contributed by atoms with E-state index in [1.807, 2.05) is 30.5 Å². The number of hydrogen-bond donors (Lipinski definition) is 2. The van der Waals surface area contributed by atoms with E-state index in [4.69, 9.17) is 17.4 Å². The van der Waals surface area contributed by atoms with Crippen molar-refractivity contribution in [3.8, 4) is 0 Å². The van der Waals surface area contributed by atoms with E-state index in [-0.39, 0.29) is 12.0 Å². The van der Waals surface area contributed by atoms with Crippen molar-refractivity contribution in [1.29, 1.82) is 0 Å². The number of halogens is 2. The molecule has 3 rings (SSSR count). The minimum absolute atomic E-state index is 0.0248. The zero-order chi connectivity index (χ0) is 14.1. The van der Waals surface area contributed by atoms with E-state index in [1.54, 1.807) is 0 Å². The van der Waals surface area contributed by atoms with Gasteiger partial charge in [-0.15, -0.1) is 0 Å². The predicted octanol–water partition coefficient (Wildman–Crippen LogP) is 3.73. The Morgan fingerprint density at radius 1 is 1.40 bits per heavy atom. The molecule has 2 atom stereocenters. The van der Waals surface area contributed by atoms with E-state index in [9.17, 15) is 0 Å². The summed E-state index contributed by atoms with van der Waals surface area (Å²) in [7, 11) is 0. The van der Waals surface area contributed by atoms with Crippen molar-refractivity contribution in [1.82, 2.24) is 10.4 Å². The molecule has 1 aromatic heterocycles. The van der Waals surface area contributed by atoms with Crippen LogP contribution in [-0.4, -0.2) is 4.98 Å². The first-order valence-corrected chi connectivity index (χ1v) is 7.72. The van der Waals surface area contributed by atoms with Crippen molar-refractivity contribution in [3.05, 3.63) is 62.8 Å². The predicted molar refractivity (Wildman–Crippen MR) is 84.5 cm³/mol. The third-order valence-corrected chi connectivity index (χ3v) is 5.12. The van der Waals surface area contributed by atoms with Gasteiger partial charge in [0.15, 0.2) is 0 Å². The number of fused-ring (bicyclic) bond motifs is 1. The molecule has 3 nitrogen and oxygen atoms in total. The van der Waals surface area contributed by atoms with Gasteiger partial charge < -0.3 is 0 Å². The van der Waals surface area contributed by atoms with Crippen LogP contribution in [0.15, 0.2) is 41.0 Å². The van der Waals surface area contributed by atoms with Gasteiger partial charge in [0.1, 0.15) is 0 Å². The molecule has 3 N–H and O–H groups in total. The summed E-state index contributed by atoms with van der Waals surface area (Å²) in [5.41, 5.74) is 6.49. The van der Waals surface area contributed by atoms with Gasteiger partial charge in [0.2, 0.25) is 0 Å². The second kappa shape index (κ2) is 5.82. The number of aromatic nitrogens is 1. The van der Waals surface area contributed by atoms with Crippen molar-refractivity contribution in [2.45, 2.75) is 24.8 Å². The zero-order valence-corrected chi connectivity index (χ0v) is 13.2. The van der Waals surface area contributed by atoms with Gasteiger partial charge in [-0.2, -0.15) is 0 Å². The Morgan fingerprint density at radius 2 is 2.25 bits per heavy atom. The Bertz CT molecular complexity index is 632. The summed E-state index contributed by atoms with van der Waals surface area (Å²) in [6.07, 6.45) is 3.95. The molecule has 2 aromatic rings. The number of rotatable bonds is 3. The van der Waals surface area contributed by atoms with Crippen molar-refractivity contribution in [3.63, 3.8) is 0 Å². The molecular formula is C15H15BrClN3. The van der Waals surface area contributed by atoms with Crippen LogP contribution in [-0.2, 0) is 6.42 Å². The fraction of sp³-hybridized carbons (Fsp3) is 0.267. The van der Waals surface area contributed by atoms with Crippen LogP contribution in [0.4, 0.5) is 0 Å². The van der Waals surface area contributed by atoms with E-state index in [2.05, 4.69) is 32.4 Å². The highest BCUT2D eigenvalue weighted by Crippen LogP contribution is 2.41. The van der Waals surface area contributed by atoms with Gasteiger partial charge in [0, 0.05) is 22.3 Å². The summed E-state index contributed by atoms with van der Waals surface area (Å²) >= 11 is 9.60.